The van der Waals surface area contributed by atoms with Crippen molar-refractivity contribution in [2.75, 3.05) is 10.8 Å². The van der Waals surface area contributed by atoms with Crippen molar-refractivity contribution in [1.82, 2.24) is 10.2 Å². The third-order valence-corrected chi connectivity index (χ3v) is 8.90. The van der Waals surface area contributed by atoms with Gasteiger partial charge in [-0.3, -0.25) is 13.9 Å². The smallest absolute Gasteiger partial charge is 0.264 e. The quantitative estimate of drug-likeness (QED) is 0.211. The SMILES string of the molecule is Cc1cccc(CN(C(=O)CN(c2ccc(Cl)cc2)S(=O)(=O)c2ccccc2)C(Cc2ccccc2)C(=O)NC(C)C)c1. The third kappa shape index (κ3) is 8.46. The maximum atomic E-state index is 14.4. The van der Waals surface area contributed by atoms with E-state index in [1.54, 1.807) is 42.5 Å². The third-order valence-electron chi connectivity index (χ3n) is 6.86. The van der Waals surface area contributed by atoms with Gasteiger partial charge in [-0.25, -0.2) is 8.42 Å². The number of hydrogen-bond acceptors (Lipinski definition) is 4. The average molecular weight is 618 g/mol. The summed E-state index contributed by atoms with van der Waals surface area (Å²) in [7, 11) is -4.16. The van der Waals surface area contributed by atoms with E-state index in [4.69, 9.17) is 11.6 Å². The highest BCUT2D eigenvalue weighted by atomic mass is 35.5. The molecule has 0 aliphatic carbocycles. The lowest BCUT2D eigenvalue weighted by Gasteiger charge is -2.34. The van der Waals surface area contributed by atoms with Gasteiger partial charge in [-0.2, -0.15) is 0 Å². The summed E-state index contributed by atoms with van der Waals surface area (Å²) in [6.45, 7) is 5.27. The molecule has 9 heteroatoms. The van der Waals surface area contributed by atoms with Crippen LogP contribution in [0.1, 0.15) is 30.5 Å². The predicted molar refractivity (Wildman–Crippen MR) is 171 cm³/mol. The molecule has 1 unspecified atom stereocenters. The van der Waals surface area contributed by atoms with E-state index in [1.807, 2.05) is 75.4 Å². The number of rotatable bonds is 12. The van der Waals surface area contributed by atoms with Crippen molar-refractivity contribution in [2.45, 2.75) is 50.7 Å². The molecule has 0 saturated carbocycles. The molecule has 4 rings (SSSR count). The average Bonchev–Trinajstić information content (AvgIpc) is 2.98. The summed E-state index contributed by atoms with van der Waals surface area (Å²) in [5.74, 6) is -0.834. The van der Waals surface area contributed by atoms with Gasteiger partial charge in [0, 0.05) is 24.0 Å². The van der Waals surface area contributed by atoms with Crippen molar-refractivity contribution in [3.05, 3.63) is 131 Å². The lowest BCUT2D eigenvalue weighted by Crippen LogP contribution is -2.54. The minimum Gasteiger partial charge on any atom is -0.352 e. The molecule has 0 saturated heterocycles. The Morgan fingerprint density at radius 3 is 2.02 bits per heavy atom. The Balaban J connectivity index is 1.79. The molecule has 224 valence electrons. The number of benzene rings is 4. The van der Waals surface area contributed by atoms with Gasteiger partial charge in [0.05, 0.1) is 10.6 Å². The molecule has 0 radical (unpaired) electrons. The van der Waals surface area contributed by atoms with Gasteiger partial charge in [0.15, 0.2) is 0 Å². The van der Waals surface area contributed by atoms with E-state index >= 15 is 0 Å². The first kappa shape index (κ1) is 31.8. The van der Waals surface area contributed by atoms with E-state index in [0.717, 1.165) is 21.0 Å². The Morgan fingerprint density at radius 2 is 1.42 bits per heavy atom. The fraction of sp³-hybridized carbons (Fsp3) is 0.235. The number of carbonyl (C=O) groups is 2. The molecule has 0 aromatic heterocycles. The Labute approximate surface area is 259 Å². The monoisotopic (exact) mass is 617 g/mol. The molecule has 0 aliphatic heterocycles. The van der Waals surface area contributed by atoms with Crippen molar-refractivity contribution in [2.24, 2.45) is 0 Å². The van der Waals surface area contributed by atoms with Gasteiger partial charge in [0.2, 0.25) is 11.8 Å². The van der Waals surface area contributed by atoms with Gasteiger partial charge in [-0.05, 0) is 68.3 Å². The number of anilines is 1. The van der Waals surface area contributed by atoms with Crippen LogP contribution in [0, 0.1) is 6.92 Å². The second kappa shape index (κ2) is 14.4. The van der Waals surface area contributed by atoms with Crippen LogP contribution in [0.4, 0.5) is 5.69 Å². The first-order valence-corrected chi connectivity index (χ1v) is 15.9. The Bertz CT molecular complexity index is 1630. The van der Waals surface area contributed by atoms with Gasteiger partial charge in [-0.15, -0.1) is 0 Å². The minimum atomic E-state index is -4.16. The van der Waals surface area contributed by atoms with Crippen molar-refractivity contribution in [1.29, 1.82) is 0 Å². The molecule has 1 atom stereocenters. The van der Waals surface area contributed by atoms with E-state index in [1.165, 1.54) is 17.0 Å². The molecule has 4 aromatic rings. The summed E-state index contributed by atoms with van der Waals surface area (Å²) >= 11 is 6.11. The van der Waals surface area contributed by atoms with Crippen molar-refractivity contribution in [3.63, 3.8) is 0 Å². The number of carbonyl (C=O) groups excluding carboxylic acids is 2. The van der Waals surface area contributed by atoms with Crippen LogP contribution in [0.25, 0.3) is 0 Å². The summed E-state index contributed by atoms with van der Waals surface area (Å²) in [6, 6.07) is 30.4. The van der Waals surface area contributed by atoms with Crippen LogP contribution < -0.4 is 9.62 Å². The largest absolute Gasteiger partial charge is 0.352 e. The summed E-state index contributed by atoms with van der Waals surface area (Å²) in [4.78, 5) is 29.6. The molecule has 0 heterocycles. The van der Waals surface area contributed by atoms with Crippen LogP contribution in [0.3, 0.4) is 0 Å². The fourth-order valence-corrected chi connectivity index (χ4v) is 6.36. The molecule has 0 aliphatic rings. The van der Waals surface area contributed by atoms with E-state index in [2.05, 4.69) is 5.32 Å². The lowest BCUT2D eigenvalue weighted by atomic mass is 10.0. The molecular weight excluding hydrogens is 582 g/mol. The van der Waals surface area contributed by atoms with Gasteiger partial charge < -0.3 is 10.2 Å². The molecule has 7 nitrogen and oxygen atoms in total. The van der Waals surface area contributed by atoms with Crippen molar-refractivity contribution < 1.29 is 18.0 Å². The van der Waals surface area contributed by atoms with Gasteiger partial charge in [-0.1, -0.05) is 90.0 Å². The first-order valence-electron chi connectivity index (χ1n) is 14.1. The van der Waals surface area contributed by atoms with Crippen molar-refractivity contribution in [3.8, 4) is 0 Å². The topological polar surface area (TPSA) is 86.8 Å². The summed E-state index contributed by atoms with van der Waals surface area (Å²) < 4.78 is 29.0. The molecule has 1 N–H and O–H groups in total. The van der Waals surface area contributed by atoms with Crippen LogP contribution in [-0.2, 0) is 32.6 Å². The highest BCUT2D eigenvalue weighted by Gasteiger charge is 2.34. The first-order chi connectivity index (χ1) is 20.5. The predicted octanol–water partition coefficient (Wildman–Crippen LogP) is 6.01. The summed E-state index contributed by atoms with van der Waals surface area (Å²) in [5.41, 5.74) is 2.99. The Hall–Kier alpha value is -4.14. The number of nitrogens with zero attached hydrogens (tertiary/aromatic N) is 2. The standard InChI is InChI=1S/C34H36ClN3O4S/c1-25(2)36-34(40)32(22-27-12-6-4-7-13-27)37(23-28-14-10-11-26(3)21-28)33(39)24-38(30-19-17-29(35)18-20-30)43(41,42)31-15-8-5-9-16-31/h4-21,25,32H,22-24H2,1-3H3,(H,36,40). The molecule has 43 heavy (non-hydrogen) atoms. The van der Waals surface area contributed by atoms with E-state index < -0.39 is 28.5 Å². The molecule has 0 bridgehead atoms. The number of aryl methyl sites for hydroxylation is 1. The van der Waals surface area contributed by atoms with Gasteiger partial charge >= 0.3 is 0 Å². The molecular formula is C34H36ClN3O4S. The van der Waals surface area contributed by atoms with Gasteiger partial charge in [0.1, 0.15) is 12.6 Å². The minimum absolute atomic E-state index is 0.0429. The Kier molecular flexibility index (Phi) is 10.6. The second-order valence-electron chi connectivity index (χ2n) is 10.7. The number of halogens is 1. The van der Waals surface area contributed by atoms with Crippen molar-refractivity contribution >= 4 is 39.1 Å². The maximum Gasteiger partial charge on any atom is 0.264 e. The van der Waals surface area contributed by atoms with E-state index in [0.29, 0.717) is 5.02 Å². The summed E-state index contributed by atoms with van der Waals surface area (Å²) in [5, 5.41) is 3.40. The van der Waals surface area contributed by atoms with Crippen LogP contribution in [0.2, 0.25) is 5.02 Å². The number of hydrogen-bond donors (Lipinski definition) is 1. The normalized spacial score (nSPS) is 12.0. The molecule has 4 aromatic carbocycles. The number of sulfonamides is 1. The molecule has 0 fully saturated rings. The number of nitrogens with one attached hydrogen (secondary N) is 1. The van der Waals surface area contributed by atoms with Crippen LogP contribution >= 0.6 is 11.6 Å². The van der Waals surface area contributed by atoms with Crippen LogP contribution in [0.15, 0.2) is 114 Å². The summed E-state index contributed by atoms with van der Waals surface area (Å²) in [6.07, 6.45) is 0.253. The maximum absolute atomic E-state index is 14.4. The highest BCUT2D eigenvalue weighted by molar-refractivity contribution is 7.92. The van der Waals surface area contributed by atoms with Crippen LogP contribution in [-0.4, -0.2) is 43.8 Å². The van der Waals surface area contributed by atoms with Gasteiger partial charge in [0.25, 0.3) is 10.0 Å². The number of amides is 2. The second-order valence-corrected chi connectivity index (χ2v) is 13.0. The zero-order chi connectivity index (χ0) is 31.0. The zero-order valence-corrected chi connectivity index (χ0v) is 26.1. The molecule has 0 spiro atoms. The zero-order valence-electron chi connectivity index (χ0n) is 24.5. The lowest BCUT2D eigenvalue weighted by molar-refractivity contribution is -0.140. The highest BCUT2D eigenvalue weighted by Crippen LogP contribution is 2.26. The van der Waals surface area contributed by atoms with Crippen LogP contribution in [0.5, 0.6) is 0 Å². The Morgan fingerprint density at radius 1 is 0.814 bits per heavy atom. The van der Waals surface area contributed by atoms with E-state index in [9.17, 15) is 18.0 Å². The van der Waals surface area contributed by atoms with E-state index in [-0.39, 0.29) is 35.5 Å². The fourth-order valence-electron chi connectivity index (χ4n) is 4.80. The molecule has 2 amide bonds.